The van der Waals surface area contributed by atoms with E-state index in [1.165, 1.54) is 23.5 Å². The summed E-state index contributed by atoms with van der Waals surface area (Å²) in [6, 6.07) is 14.5. The van der Waals surface area contributed by atoms with Crippen LogP contribution in [0.1, 0.15) is 36.7 Å². The maximum atomic E-state index is 12.6. The first kappa shape index (κ1) is 19.4. The topological polar surface area (TPSA) is 72.2 Å². The van der Waals surface area contributed by atoms with Crippen LogP contribution in [0.25, 0.3) is 0 Å². The smallest absolute Gasteiger partial charge is 0.257 e. The van der Waals surface area contributed by atoms with E-state index in [4.69, 9.17) is 28.9 Å². The van der Waals surface area contributed by atoms with Gasteiger partial charge in [0.05, 0.1) is 16.1 Å². The highest BCUT2D eigenvalue weighted by Crippen LogP contribution is 2.35. The quantitative estimate of drug-likeness (QED) is 0.589. The number of anilines is 1. The predicted molar refractivity (Wildman–Crippen MR) is 111 cm³/mol. The van der Waals surface area contributed by atoms with E-state index in [0.717, 1.165) is 16.0 Å². The lowest BCUT2D eigenvalue weighted by molar-refractivity contribution is 0.100. The third kappa shape index (κ3) is 4.33. The summed E-state index contributed by atoms with van der Waals surface area (Å²) in [5.41, 5.74) is 8.03. The molecule has 0 spiro atoms. The number of nitrogens with one attached hydrogen (secondary N) is 1. The number of rotatable bonds is 5. The molecule has 0 aliphatic heterocycles. The first-order valence-electron chi connectivity index (χ1n) is 8.09. The van der Waals surface area contributed by atoms with Crippen LogP contribution in [-0.4, -0.2) is 11.8 Å². The van der Waals surface area contributed by atoms with Crippen LogP contribution in [0.3, 0.4) is 0 Å². The van der Waals surface area contributed by atoms with Gasteiger partial charge in [-0.3, -0.25) is 9.59 Å². The van der Waals surface area contributed by atoms with E-state index >= 15 is 0 Å². The molecular weight excluding hydrogens is 403 g/mol. The Hall–Kier alpha value is -2.34. The number of carbonyl (C=O) groups is 2. The Labute approximate surface area is 170 Å². The van der Waals surface area contributed by atoms with Crippen molar-refractivity contribution in [2.75, 3.05) is 5.32 Å². The average molecular weight is 419 g/mol. The van der Waals surface area contributed by atoms with Crippen LogP contribution in [0.15, 0.2) is 48.5 Å². The molecule has 0 saturated carbocycles. The van der Waals surface area contributed by atoms with Crippen molar-refractivity contribution < 1.29 is 9.59 Å². The summed E-state index contributed by atoms with van der Waals surface area (Å²) < 4.78 is 0. The molecule has 0 fully saturated rings. The van der Waals surface area contributed by atoms with E-state index in [2.05, 4.69) is 5.32 Å². The van der Waals surface area contributed by atoms with Crippen molar-refractivity contribution in [1.29, 1.82) is 0 Å². The summed E-state index contributed by atoms with van der Waals surface area (Å²) in [5, 5.41) is 3.86. The van der Waals surface area contributed by atoms with Gasteiger partial charge in [0, 0.05) is 16.3 Å². The molecule has 2 aromatic carbocycles. The summed E-state index contributed by atoms with van der Waals surface area (Å²) in [4.78, 5) is 25.6. The number of carbonyl (C=O) groups excluding carboxylic acids is 2. The molecule has 138 valence electrons. The van der Waals surface area contributed by atoms with Gasteiger partial charge in [-0.2, -0.15) is 0 Å². The Bertz CT molecular complexity index is 1020. The highest BCUT2D eigenvalue weighted by molar-refractivity contribution is 7.17. The van der Waals surface area contributed by atoms with E-state index in [0.29, 0.717) is 22.0 Å². The molecule has 0 unspecified atom stereocenters. The van der Waals surface area contributed by atoms with Crippen LogP contribution in [0, 0.1) is 6.92 Å². The Kier molecular flexibility index (Phi) is 5.85. The molecule has 0 aliphatic carbocycles. The molecule has 0 saturated heterocycles. The van der Waals surface area contributed by atoms with Crippen LogP contribution in [0.5, 0.6) is 0 Å². The van der Waals surface area contributed by atoms with Crippen LogP contribution in [0.4, 0.5) is 5.00 Å². The first-order chi connectivity index (χ1) is 12.9. The fourth-order valence-electron chi connectivity index (χ4n) is 2.74. The van der Waals surface area contributed by atoms with E-state index in [1.54, 1.807) is 6.07 Å². The lowest BCUT2D eigenvalue weighted by atomic mass is 10.1. The van der Waals surface area contributed by atoms with Crippen LogP contribution in [-0.2, 0) is 6.42 Å². The second-order valence-corrected chi connectivity index (χ2v) is 7.91. The van der Waals surface area contributed by atoms with Crippen molar-refractivity contribution in [3.63, 3.8) is 0 Å². The van der Waals surface area contributed by atoms with Crippen molar-refractivity contribution in [1.82, 2.24) is 0 Å². The summed E-state index contributed by atoms with van der Waals surface area (Å²) >= 11 is 13.3. The Morgan fingerprint density at radius 3 is 2.44 bits per heavy atom. The van der Waals surface area contributed by atoms with Gasteiger partial charge in [-0.25, -0.2) is 0 Å². The molecule has 7 heteroatoms. The first-order valence-corrected chi connectivity index (χ1v) is 9.66. The van der Waals surface area contributed by atoms with Gasteiger partial charge in [0.1, 0.15) is 5.00 Å². The number of hydrogen-bond acceptors (Lipinski definition) is 3. The van der Waals surface area contributed by atoms with Crippen molar-refractivity contribution >= 4 is 51.4 Å². The van der Waals surface area contributed by atoms with Gasteiger partial charge in [-0.05, 0) is 36.2 Å². The van der Waals surface area contributed by atoms with Gasteiger partial charge in [-0.1, -0.05) is 53.5 Å². The predicted octanol–water partition coefficient (Wildman–Crippen LogP) is 5.31. The minimum Gasteiger partial charge on any atom is -0.365 e. The highest BCUT2D eigenvalue weighted by atomic mass is 35.5. The van der Waals surface area contributed by atoms with Crippen molar-refractivity contribution in [3.05, 3.63) is 85.7 Å². The van der Waals surface area contributed by atoms with Gasteiger partial charge in [0.25, 0.3) is 11.8 Å². The molecule has 2 amide bonds. The maximum absolute atomic E-state index is 12.6. The molecular formula is C20H16Cl2N2O2S. The van der Waals surface area contributed by atoms with Crippen LogP contribution in [0.2, 0.25) is 10.0 Å². The standard InChI is InChI=1S/C20H16Cl2N2O2S/c1-11-16(9-12-5-3-2-4-6-12)27-20(17(11)18(23)25)24-19(26)14-8-7-13(21)10-15(14)22/h2-8,10H,9H2,1H3,(H2,23,25)(H,24,26). The Morgan fingerprint density at radius 2 is 1.81 bits per heavy atom. The molecule has 1 heterocycles. The fourth-order valence-corrected chi connectivity index (χ4v) is 4.47. The number of hydrogen-bond donors (Lipinski definition) is 2. The Balaban J connectivity index is 1.93. The fraction of sp³-hybridized carbons (Fsp3) is 0.100. The zero-order valence-electron chi connectivity index (χ0n) is 14.4. The molecule has 3 rings (SSSR count). The zero-order valence-corrected chi connectivity index (χ0v) is 16.7. The molecule has 4 nitrogen and oxygen atoms in total. The minimum atomic E-state index is -0.583. The zero-order chi connectivity index (χ0) is 19.6. The van der Waals surface area contributed by atoms with E-state index in [1.807, 2.05) is 37.3 Å². The van der Waals surface area contributed by atoms with Gasteiger partial charge in [-0.15, -0.1) is 11.3 Å². The maximum Gasteiger partial charge on any atom is 0.257 e. The average Bonchev–Trinajstić information content (AvgIpc) is 2.91. The van der Waals surface area contributed by atoms with Crippen molar-refractivity contribution in [2.24, 2.45) is 5.73 Å². The summed E-state index contributed by atoms with van der Waals surface area (Å²) in [5.74, 6) is -1.01. The molecule has 0 bridgehead atoms. The number of nitrogens with two attached hydrogens (primary N) is 1. The lowest BCUT2D eigenvalue weighted by Gasteiger charge is -2.07. The third-order valence-corrected chi connectivity index (χ3v) is 5.86. The summed E-state index contributed by atoms with van der Waals surface area (Å²) in [6.07, 6.45) is 0.648. The van der Waals surface area contributed by atoms with E-state index < -0.39 is 11.8 Å². The van der Waals surface area contributed by atoms with Crippen LogP contribution >= 0.6 is 34.5 Å². The monoisotopic (exact) mass is 418 g/mol. The Morgan fingerprint density at radius 1 is 1.11 bits per heavy atom. The SMILES string of the molecule is Cc1c(Cc2ccccc2)sc(NC(=O)c2ccc(Cl)cc2Cl)c1C(N)=O. The van der Waals surface area contributed by atoms with E-state index in [9.17, 15) is 9.59 Å². The number of thiophene rings is 1. The van der Waals surface area contributed by atoms with Crippen molar-refractivity contribution in [2.45, 2.75) is 13.3 Å². The molecule has 1 aromatic heterocycles. The van der Waals surface area contributed by atoms with Crippen LogP contribution < -0.4 is 11.1 Å². The number of primary amides is 1. The normalized spacial score (nSPS) is 10.6. The molecule has 0 aliphatic rings. The number of amides is 2. The largest absolute Gasteiger partial charge is 0.365 e. The third-order valence-electron chi connectivity index (χ3n) is 4.10. The lowest BCUT2D eigenvalue weighted by Crippen LogP contribution is -2.17. The molecule has 27 heavy (non-hydrogen) atoms. The summed E-state index contributed by atoms with van der Waals surface area (Å²) in [7, 11) is 0. The second kappa shape index (κ2) is 8.13. The second-order valence-electron chi connectivity index (χ2n) is 5.96. The number of benzene rings is 2. The molecule has 3 aromatic rings. The molecule has 0 radical (unpaired) electrons. The highest BCUT2D eigenvalue weighted by Gasteiger charge is 2.22. The molecule has 3 N–H and O–H groups in total. The van der Waals surface area contributed by atoms with Gasteiger partial charge in [0.15, 0.2) is 0 Å². The number of halogens is 2. The van der Waals surface area contributed by atoms with Gasteiger partial charge in [0.2, 0.25) is 0 Å². The minimum absolute atomic E-state index is 0.235. The molecule has 0 atom stereocenters. The van der Waals surface area contributed by atoms with Gasteiger partial charge >= 0.3 is 0 Å². The van der Waals surface area contributed by atoms with Gasteiger partial charge < -0.3 is 11.1 Å². The van der Waals surface area contributed by atoms with Crippen molar-refractivity contribution in [3.8, 4) is 0 Å². The summed E-state index contributed by atoms with van der Waals surface area (Å²) in [6.45, 7) is 1.83. The van der Waals surface area contributed by atoms with E-state index in [-0.39, 0.29) is 10.6 Å².